The van der Waals surface area contributed by atoms with E-state index in [4.69, 9.17) is 27.9 Å². The number of nitrogens with zero attached hydrogens (tertiary/aromatic N) is 4. The number of esters is 1. The molecule has 0 unspecified atom stereocenters. The summed E-state index contributed by atoms with van der Waals surface area (Å²) in [4.78, 5) is 41.9. The number of fused-ring (bicyclic) bond motifs is 2. The molecule has 6 aromatic rings. The van der Waals surface area contributed by atoms with Crippen molar-refractivity contribution >= 4 is 62.5 Å². The summed E-state index contributed by atoms with van der Waals surface area (Å²) in [6.45, 7) is 6.42. The molecular weight excluding hydrogens is 759 g/mol. The lowest BCUT2D eigenvalue weighted by atomic mass is 10.1. The zero-order valence-electron chi connectivity index (χ0n) is 32.3. The van der Waals surface area contributed by atoms with E-state index in [0.717, 1.165) is 88.9 Å². The zero-order valence-corrected chi connectivity index (χ0v) is 33.8. The summed E-state index contributed by atoms with van der Waals surface area (Å²) in [5.74, 6) is -0.0470. The molecule has 2 fully saturated rings. The molecule has 1 N–H and O–H groups in total. The number of hydrogen-bond donors (Lipinski definition) is 1. The van der Waals surface area contributed by atoms with Crippen LogP contribution in [0.3, 0.4) is 0 Å². The Labute approximate surface area is 343 Å². The van der Waals surface area contributed by atoms with E-state index < -0.39 is 0 Å². The van der Waals surface area contributed by atoms with Crippen LogP contribution in [0.2, 0.25) is 10.0 Å². The molecule has 57 heavy (non-hydrogen) atoms. The molecule has 0 spiro atoms. The van der Waals surface area contributed by atoms with Crippen molar-refractivity contribution in [2.75, 3.05) is 39.3 Å². The number of piperidine rings is 2. The van der Waals surface area contributed by atoms with Crippen LogP contribution in [0.4, 0.5) is 0 Å². The van der Waals surface area contributed by atoms with Gasteiger partial charge in [-0.1, -0.05) is 60.3 Å². The van der Waals surface area contributed by atoms with Gasteiger partial charge < -0.3 is 19.0 Å². The lowest BCUT2D eigenvalue weighted by molar-refractivity contribution is -0.142. The molecule has 2 aromatic heterocycles. The molecule has 4 heterocycles. The standard InChI is InChI=1S/C24H25ClN2O3.C22H23ClN2O2/c1-17(28)30-16-18-5-10-21-22(24(29)15-26-11-3-2-4-12-26)14-27(23(21)13-18)20-8-6-19(25)7-9-20;23-17-5-7-18(8-6-17)25-13-20(19-9-4-16(15-26)12-21(19)25)22(27)14-24-10-2-1-3-11-24/h5-10,13-14H,2-4,11-12,15-16H2,1H3;4-9,12-13,26H,1-3,10-11,14-15H2. The SMILES string of the molecule is CC(=O)OCc1ccc2c(C(=O)CN3CCCCC3)cn(-c3ccc(Cl)cc3)c2c1.O=C(CN1CCCCC1)c1cn(-c2ccc(Cl)cc2)c2cc(CO)ccc12. The van der Waals surface area contributed by atoms with Crippen molar-refractivity contribution in [3.63, 3.8) is 0 Å². The van der Waals surface area contributed by atoms with E-state index >= 15 is 0 Å². The lowest BCUT2D eigenvalue weighted by Gasteiger charge is -2.25. The highest BCUT2D eigenvalue weighted by molar-refractivity contribution is 6.30. The summed E-state index contributed by atoms with van der Waals surface area (Å²) in [6.07, 6.45) is 11.0. The minimum absolute atomic E-state index is 0.0290. The normalized spacial score (nSPS) is 15.0. The number of ether oxygens (including phenoxy) is 1. The molecule has 2 aliphatic rings. The number of aliphatic hydroxyl groups excluding tert-OH is 1. The van der Waals surface area contributed by atoms with Crippen molar-refractivity contribution in [2.45, 2.75) is 58.7 Å². The Balaban J connectivity index is 0.000000175. The fourth-order valence-corrected chi connectivity index (χ4v) is 8.06. The smallest absolute Gasteiger partial charge is 0.302 e. The van der Waals surface area contributed by atoms with Gasteiger partial charge in [0.2, 0.25) is 0 Å². The van der Waals surface area contributed by atoms with E-state index in [1.807, 2.05) is 106 Å². The monoisotopic (exact) mass is 806 g/mol. The van der Waals surface area contributed by atoms with Gasteiger partial charge in [-0.15, -0.1) is 0 Å². The first kappa shape index (κ1) is 40.4. The van der Waals surface area contributed by atoms with Gasteiger partial charge in [0.15, 0.2) is 11.6 Å². The highest BCUT2D eigenvalue weighted by atomic mass is 35.5. The van der Waals surface area contributed by atoms with Crippen LogP contribution in [-0.4, -0.2) is 80.8 Å². The third-order valence-corrected chi connectivity index (χ3v) is 11.3. The second-order valence-corrected chi connectivity index (χ2v) is 15.8. The van der Waals surface area contributed by atoms with E-state index in [1.54, 1.807) is 0 Å². The fraction of sp³-hybridized carbons (Fsp3) is 0.326. The summed E-state index contributed by atoms with van der Waals surface area (Å²) >= 11 is 12.1. The summed E-state index contributed by atoms with van der Waals surface area (Å²) in [6, 6.07) is 26.7. The van der Waals surface area contributed by atoms with Gasteiger partial charge in [-0.2, -0.15) is 0 Å². The number of ketones is 2. The number of halogens is 2. The Morgan fingerprint density at radius 2 is 1.02 bits per heavy atom. The number of aromatic nitrogens is 2. The van der Waals surface area contributed by atoms with E-state index in [-0.39, 0.29) is 30.7 Å². The number of Topliss-reactive ketones (excluding diaryl/α,β-unsaturated/α-hetero) is 2. The van der Waals surface area contributed by atoms with Crippen LogP contribution in [0.15, 0.2) is 97.3 Å². The Morgan fingerprint density at radius 3 is 1.44 bits per heavy atom. The number of hydrogen-bond acceptors (Lipinski definition) is 7. The molecule has 0 saturated carbocycles. The number of carbonyl (C=O) groups excluding carboxylic acids is 3. The molecule has 2 aliphatic heterocycles. The topological polar surface area (TPSA) is 97.0 Å². The number of rotatable bonds is 11. The molecule has 0 atom stereocenters. The Kier molecular flexibility index (Phi) is 13.2. The van der Waals surface area contributed by atoms with E-state index in [9.17, 15) is 19.5 Å². The van der Waals surface area contributed by atoms with Gasteiger partial charge in [0.25, 0.3) is 0 Å². The van der Waals surface area contributed by atoms with Crippen LogP contribution >= 0.6 is 23.2 Å². The molecular formula is C46H48Cl2N4O5. The Hall–Kier alpha value is -4.77. The number of benzene rings is 4. The second-order valence-electron chi connectivity index (χ2n) is 14.9. The maximum absolute atomic E-state index is 13.2. The van der Waals surface area contributed by atoms with Crippen LogP contribution < -0.4 is 0 Å². The lowest BCUT2D eigenvalue weighted by Crippen LogP contribution is -2.34. The third kappa shape index (κ3) is 9.86. The molecule has 9 nitrogen and oxygen atoms in total. The highest BCUT2D eigenvalue weighted by Gasteiger charge is 2.22. The van der Waals surface area contributed by atoms with Gasteiger partial charge in [-0.25, -0.2) is 0 Å². The van der Waals surface area contributed by atoms with Crippen LogP contribution in [0, 0.1) is 0 Å². The van der Waals surface area contributed by atoms with Gasteiger partial charge in [-0.05, 0) is 124 Å². The summed E-state index contributed by atoms with van der Waals surface area (Å²) in [5.41, 5.74) is 6.84. The Bertz CT molecular complexity index is 2360. The average Bonchev–Trinajstić information content (AvgIpc) is 3.80. The summed E-state index contributed by atoms with van der Waals surface area (Å²) < 4.78 is 9.17. The first-order valence-corrected chi connectivity index (χ1v) is 20.5. The minimum atomic E-state index is -0.319. The maximum atomic E-state index is 13.2. The molecule has 0 bridgehead atoms. The van der Waals surface area contributed by atoms with Crippen LogP contribution in [0.25, 0.3) is 33.2 Å². The minimum Gasteiger partial charge on any atom is -0.461 e. The first-order chi connectivity index (χ1) is 27.7. The second kappa shape index (κ2) is 18.7. The third-order valence-electron chi connectivity index (χ3n) is 10.8. The largest absolute Gasteiger partial charge is 0.461 e. The van der Waals surface area contributed by atoms with Gasteiger partial charge in [0.05, 0.1) is 30.7 Å². The molecule has 0 amide bonds. The van der Waals surface area contributed by atoms with Crippen LogP contribution in [0.5, 0.6) is 0 Å². The number of carbonyl (C=O) groups is 3. The van der Waals surface area contributed by atoms with Gasteiger partial charge >= 0.3 is 5.97 Å². The van der Waals surface area contributed by atoms with E-state index in [0.29, 0.717) is 28.7 Å². The molecule has 8 rings (SSSR count). The molecule has 0 radical (unpaired) electrons. The summed E-state index contributed by atoms with van der Waals surface area (Å²) in [7, 11) is 0. The molecule has 2 saturated heterocycles. The highest BCUT2D eigenvalue weighted by Crippen LogP contribution is 2.30. The Morgan fingerprint density at radius 1 is 0.596 bits per heavy atom. The van der Waals surface area contributed by atoms with Crippen molar-refractivity contribution < 1.29 is 24.2 Å². The first-order valence-electron chi connectivity index (χ1n) is 19.7. The van der Waals surface area contributed by atoms with Crippen molar-refractivity contribution in [3.05, 3.63) is 130 Å². The fourth-order valence-electron chi connectivity index (χ4n) is 7.80. The molecule has 11 heteroatoms. The molecule has 4 aromatic carbocycles. The van der Waals surface area contributed by atoms with Gasteiger partial charge in [0, 0.05) is 62.6 Å². The maximum Gasteiger partial charge on any atom is 0.302 e. The molecule has 296 valence electrons. The van der Waals surface area contributed by atoms with Gasteiger partial charge in [-0.3, -0.25) is 24.2 Å². The summed E-state index contributed by atoms with van der Waals surface area (Å²) in [5, 5.41) is 12.7. The number of aliphatic hydroxyl groups is 1. The van der Waals surface area contributed by atoms with Crippen LogP contribution in [0.1, 0.15) is 77.3 Å². The predicted octanol–water partition coefficient (Wildman–Crippen LogP) is 9.46. The molecule has 0 aliphatic carbocycles. The van der Waals surface area contributed by atoms with Crippen molar-refractivity contribution in [1.29, 1.82) is 0 Å². The van der Waals surface area contributed by atoms with Crippen LogP contribution in [-0.2, 0) is 22.7 Å². The zero-order chi connectivity index (χ0) is 39.9. The van der Waals surface area contributed by atoms with Crippen molar-refractivity contribution in [1.82, 2.24) is 18.9 Å². The van der Waals surface area contributed by atoms with Crippen molar-refractivity contribution in [2.24, 2.45) is 0 Å². The predicted molar refractivity (Wildman–Crippen MR) is 227 cm³/mol. The van der Waals surface area contributed by atoms with E-state index in [1.165, 1.54) is 32.6 Å². The quantitative estimate of drug-likeness (QED) is 0.103. The average molecular weight is 808 g/mol. The van der Waals surface area contributed by atoms with Gasteiger partial charge in [0.1, 0.15) is 6.61 Å². The van der Waals surface area contributed by atoms with Crippen molar-refractivity contribution in [3.8, 4) is 11.4 Å². The number of likely N-dealkylation sites (tertiary alicyclic amines) is 2. The van der Waals surface area contributed by atoms with E-state index in [2.05, 4.69) is 9.80 Å².